The fraction of sp³-hybridized carbons (Fsp3) is 0.391. The zero-order valence-corrected chi connectivity index (χ0v) is 17.2. The molecule has 1 aliphatic heterocycles. The topological polar surface area (TPSA) is 43.2 Å². The Balaban J connectivity index is 1.51. The van der Waals surface area contributed by atoms with Gasteiger partial charge in [-0.15, -0.1) is 0 Å². The lowest BCUT2D eigenvalue weighted by Crippen LogP contribution is -2.43. The summed E-state index contributed by atoms with van der Waals surface area (Å²) in [5.41, 5.74) is 3.93. The zero-order chi connectivity index (χ0) is 21.6. The molecular formula is C23H23F3N4O. The van der Waals surface area contributed by atoms with Crippen molar-refractivity contribution >= 4 is 0 Å². The highest BCUT2D eigenvalue weighted by Crippen LogP contribution is 2.34. The van der Waals surface area contributed by atoms with Crippen molar-refractivity contribution < 1.29 is 17.9 Å². The SMILES string of the molecule is Cc1ccc(-c2cc(C(F)(F)F)nn2-c2ccc3c(c2)C[C@@H](N2CCOCC2)C3)cn1. The number of rotatable bonds is 3. The second kappa shape index (κ2) is 7.76. The van der Waals surface area contributed by atoms with E-state index in [9.17, 15) is 13.2 Å². The van der Waals surface area contributed by atoms with Crippen LogP contribution >= 0.6 is 0 Å². The minimum atomic E-state index is -4.52. The van der Waals surface area contributed by atoms with E-state index in [0.29, 0.717) is 23.0 Å². The van der Waals surface area contributed by atoms with Gasteiger partial charge in [-0.05, 0) is 61.2 Å². The number of ether oxygens (including phenoxy) is 1. The predicted molar refractivity (Wildman–Crippen MR) is 110 cm³/mol. The molecule has 1 aliphatic carbocycles. The van der Waals surface area contributed by atoms with E-state index in [1.807, 2.05) is 25.1 Å². The van der Waals surface area contributed by atoms with E-state index < -0.39 is 11.9 Å². The number of pyridine rings is 1. The van der Waals surface area contributed by atoms with Crippen LogP contribution in [0, 0.1) is 6.92 Å². The second-order valence-corrected chi connectivity index (χ2v) is 8.18. The smallest absolute Gasteiger partial charge is 0.379 e. The molecule has 3 aromatic rings. The largest absolute Gasteiger partial charge is 0.435 e. The van der Waals surface area contributed by atoms with Crippen molar-refractivity contribution in [3.63, 3.8) is 0 Å². The molecule has 3 heterocycles. The van der Waals surface area contributed by atoms with Gasteiger partial charge < -0.3 is 4.74 Å². The van der Waals surface area contributed by atoms with Crippen LogP contribution in [0.3, 0.4) is 0 Å². The van der Waals surface area contributed by atoms with Crippen molar-refractivity contribution in [1.82, 2.24) is 19.7 Å². The molecule has 0 saturated carbocycles. The Kier molecular flexibility index (Phi) is 5.06. The number of hydrogen-bond donors (Lipinski definition) is 0. The first-order valence-electron chi connectivity index (χ1n) is 10.4. The summed E-state index contributed by atoms with van der Waals surface area (Å²) in [4.78, 5) is 6.69. The first-order valence-corrected chi connectivity index (χ1v) is 10.4. The van der Waals surface area contributed by atoms with Gasteiger partial charge in [0.15, 0.2) is 5.69 Å². The Hall–Kier alpha value is -2.71. The van der Waals surface area contributed by atoms with E-state index in [0.717, 1.165) is 50.9 Å². The summed E-state index contributed by atoms with van der Waals surface area (Å²) in [6.45, 7) is 5.18. The zero-order valence-electron chi connectivity index (χ0n) is 17.2. The van der Waals surface area contributed by atoms with Crippen LogP contribution < -0.4 is 0 Å². The lowest BCUT2D eigenvalue weighted by Gasteiger charge is -2.32. The van der Waals surface area contributed by atoms with Crippen LogP contribution in [0.5, 0.6) is 0 Å². The molecular weight excluding hydrogens is 405 g/mol. The van der Waals surface area contributed by atoms with Crippen molar-refractivity contribution in [2.24, 2.45) is 0 Å². The van der Waals surface area contributed by atoms with E-state index >= 15 is 0 Å². The number of aromatic nitrogens is 3. The first kappa shape index (κ1) is 20.2. The van der Waals surface area contributed by atoms with Gasteiger partial charge >= 0.3 is 6.18 Å². The third-order valence-corrected chi connectivity index (χ3v) is 6.11. The molecule has 0 spiro atoms. The summed E-state index contributed by atoms with van der Waals surface area (Å²) < 4.78 is 47.2. The fourth-order valence-electron chi connectivity index (χ4n) is 4.46. The number of nitrogens with zero attached hydrogens (tertiary/aromatic N) is 4. The van der Waals surface area contributed by atoms with Crippen molar-refractivity contribution in [2.45, 2.75) is 32.0 Å². The lowest BCUT2D eigenvalue weighted by molar-refractivity contribution is -0.141. The predicted octanol–water partition coefficient (Wildman–Crippen LogP) is 4.06. The molecule has 1 aromatic carbocycles. The van der Waals surface area contributed by atoms with Gasteiger partial charge in [-0.3, -0.25) is 9.88 Å². The van der Waals surface area contributed by atoms with Gasteiger partial charge in [0.1, 0.15) is 0 Å². The van der Waals surface area contributed by atoms with E-state index in [-0.39, 0.29) is 0 Å². The molecule has 5 rings (SSSR count). The number of morpholine rings is 1. The van der Waals surface area contributed by atoms with Gasteiger partial charge in [-0.2, -0.15) is 18.3 Å². The first-order chi connectivity index (χ1) is 14.9. The van der Waals surface area contributed by atoms with Gasteiger partial charge in [0.25, 0.3) is 0 Å². The van der Waals surface area contributed by atoms with Gasteiger partial charge in [0, 0.05) is 36.6 Å². The number of alkyl halides is 3. The standard InChI is InChI=1S/C23H23F3N4O/c1-15-2-3-17(14-27-15)21-13-22(23(24,25)26)28-30(21)19-5-4-16-10-20(12-18(16)11-19)29-6-8-31-9-7-29/h2-5,11,13-14,20H,6-10,12H2,1H3/t20-/m0/s1. The Morgan fingerprint density at radius 2 is 1.77 bits per heavy atom. The van der Waals surface area contributed by atoms with E-state index in [1.54, 1.807) is 18.3 Å². The van der Waals surface area contributed by atoms with Crippen LogP contribution in [0.1, 0.15) is 22.5 Å². The van der Waals surface area contributed by atoms with Crippen molar-refractivity contribution in [3.05, 3.63) is 65.1 Å². The quantitative estimate of drug-likeness (QED) is 0.631. The molecule has 8 heteroatoms. The minimum absolute atomic E-state index is 0.377. The van der Waals surface area contributed by atoms with E-state index in [4.69, 9.17) is 4.74 Å². The van der Waals surface area contributed by atoms with Gasteiger partial charge in [0.05, 0.1) is 24.6 Å². The molecule has 0 amide bonds. The second-order valence-electron chi connectivity index (χ2n) is 8.18. The normalized spacial score (nSPS) is 19.5. The highest BCUT2D eigenvalue weighted by Gasteiger charge is 2.35. The number of fused-ring (bicyclic) bond motifs is 1. The molecule has 0 radical (unpaired) electrons. The maximum absolute atomic E-state index is 13.4. The maximum Gasteiger partial charge on any atom is 0.435 e. The average molecular weight is 428 g/mol. The highest BCUT2D eigenvalue weighted by molar-refractivity contribution is 5.62. The molecule has 1 fully saturated rings. The van der Waals surface area contributed by atoms with Crippen LogP contribution in [0.4, 0.5) is 13.2 Å². The fourth-order valence-corrected chi connectivity index (χ4v) is 4.46. The lowest BCUT2D eigenvalue weighted by atomic mass is 10.1. The van der Waals surface area contributed by atoms with Crippen molar-refractivity contribution in [1.29, 1.82) is 0 Å². The highest BCUT2D eigenvalue weighted by atomic mass is 19.4. The Morgan fingerprint density at radius 1 is 1.00 bits per heavy atom. The summed E-state index contributed by atoms with van der Waals surface area (Å²) in [6.07, 6.45) is -1.09. The molecule has 0 bridgehead atoms. The molecule has 5 nitrogen and oxygen atoms in total. The third-order valence-electron chi connectivity index (χ3n) is 6.11. The molecule has 1 saturated heterocycles. The molecule has 1 atom stereocenters. The number of hydrogen-bond acceptors (Lipinski definition) is 4. The summed E-state index contributed by atoms with van der Waals surface area (Å²) in [5.74, 6) is 0. The third kappa shape index (κ3) is 3.97. The summed E-state index contributed by atoms with van der Waals surface area (Å²) >= 11 is 0. The molecule has 0 N–H and O–H groups in total. The number of halogens is 3. The minimum Gasteiger partial charge on any atom is -0.379 e. The Bertz CT molecular complexity index is 1090. The monoisotopic (exact) mass is 428 g/mol. The van der Waals surface area contributed by atoms with Gasteiger partial charge in [0.2, 0.25) is 0 Å². The number of aryl methyl sites for hydroxylation is 1. The van der Waals surface area contributed by atoms with Gasteiger partial charge in [-0.1, -0.05) is 6.07 Å². The summed E-state index contributed by atoms with van der Waals surface area (Å²) in [5, 5.41) is 3.92. The maximum atomic E-state index is 13.4. The van der Waals surface area contributed by atoms with Crippen LogP contribution in [-0.2, 0) is 23.8 Å². The molecule has 31 heavy (non-hydrogen) atoms. The summed E-state index contributed by atoms with van der Waals surface area (Å²) in [6, 6.07) is 10.9. The average Bonchev–Trinajstić information content (AvgIpc) is 3.39. The molecule has 2 aromatic heterocycles. The van der Waals surface area contributed by atoms with Crippen LogP contribution in [-0.4, -0.2) is 52.0 Å². The van der Waals surface area contributed by atoms with Crippen molar-refractivity contribution in [3.8, 4) is 16.9 Å². The van der Waals surface area contributed by atoms with E-state index in [1.165, 1.54) is 15.8 Å². The van der Waals surface area contributed by atoms with Gasteiger partial charge in [-0.25, -0.2) is 4.68 Å². The van der Waals surface area contributed by atoms with Crippen LogP contribution in [0.25, 0.3) is 16.9 Å². The Labute approximate surface area is 178 Å². The van der Waals surface area contributed by atoms with Crippen LogP contribution in [0.15, 0.2) is 42.6 Å². The van der Waals surface area contributed by atoms with Crippen LogP contribution in [0.2, 0.25) is 0 Å². The molecule has 162 valence electrons. The molecule has 0 unspecified atom stereocenters. The number of benzene rings is 1. The van der Waals surface area contributed by atoms with E-state index in [2.05, 4.69) is 15.0 Å². The summed E-state index contributed by atoms with van der Waals surface area (Å²) in [7, 11) is 0. The van der Waals surface area contributed by atoms with Crippen molar-refractivity contribution in [2.75, 3.05) is 26.3 Å². The molecule has 2 aliphatic rings. The Morgan fingerprint density at radius 3 is 2.48 bits per heavy atom.